The monoisotopic (exact) mass is 480 g/mol. The number of hydrogen-bond donors (Lipinski definition) is 1. The molecule has 35 heavy (non-hydrogen) atoms. The molecule has 180 valence electrons. The number of aromatic nitrogens is 5. The largest absolute Gasteiger partial charge is 0.346 e. The molecule has 4 aromatic rings. The number of alkyl halides is 1. The maximum atomic E-state index is 14.6. The third-order valence-corrected chi connectivity index (χ3v) is 6.83. The van der Waals surface area contributed by atoms with E-state index < -0.39 is 23.8 Å². The zero-order valence-corrected chi connectivity index (χ0v) is 18.8. The molecule has 1 aromatic carbocycles. The van der Waals surface area contributed by atoms with Gasteiger partial charge in [0.1, 0.15) is 42.5 Å². The Hall–Kier alpha value is -3.53. The second-order valence-electron chi connectivity index (χ2n) is 9.07. The lowest BCUT2D eigenvalue weighted by Gasteiger charge is -2.26. The predicted molar refractivity (Wildman–Crippen MR) is 126 cm³/mol. The summed E-state index contributed by atoms with van der Waals surface area (Å²) in [5.74, 6) is -0.760. The number of rotatable bonds is 4. The summed E-state index contributed by atoms with van der Waals surface area (Å²) in [5, 5.41) is 7.87. The van der Waals surface area contributed by atoms with Gasteiger partial charge in [-0.25, -0.2) is 28.1 Å². The number of pyridine rings is 1. The summed E-state index contributed by atoms with van der Waals surface area (Å²) < 4.78 is 53.1. The van der Waals surface area contributed by atoms with Gasteiger partial charge >= 0.3 is 0 Å². The molecule has 6 rings (SSSR count). The van der Waals surface area contributed by atoms with Crippen LogP contribution in [0.5, 0.6) is 0 Å². The number of benzene rings is 1. The highest BCUT2D eigenvalue weighted by Crippen LogP contribution is 2.39. The van der Waals surface area contributed by atoms with Crippen molar-refractivity contribution in [2.24, 2.45) is 0 Å². The fourth-order valence-corrected chi connectivity index (χ4v) is 5.08. The number of nitrogens with zero attached hydrogens (tertiary/aromatic N) is 6. The molecule has 0 aliphatic carbocycles. The first-order chi connectivity index (χ1) is 17.5. The van der Waals surface area contributed by atoms with Crippen LogP contribution >= 0.6 is 0 Å². The van der Waals surface area contributed by atoms with Crippen molar-refractivity contribution in [1.82, 2.24) is 30.0 Å². The van der Waals surface area contributed by atoms with Crippen LogP contribution in [0.15, 0.2) is 49.0 Å². The van der Waals surface area contributed by atoms with Gasteiger partial charge in [-0.1, -0.05) is 0 Å². The van der Waals surface area contributed by atoms with Crippen molar-refractivity contribution < 1.29 is 14.5 Å². The maximum absolute atomic E-state index is 14.6. The summed E-state index contributed by atoms with van der Waals surface area (Å²) in [4.78, 5) is 14.9. The molecule has 10 heteroatoms. The Bertz CT molecular complexity index is 1420. The molecule has 2 fully saturated rings. The predicted octanol–water partition coefficient (Wildman–Crippen LogP) is 4.38. The van der Waals surface area contributed by atoms with Crippen LogP contribution in [0.25, 0.3) is 22.3 Å². The van der Waals surface area contributed by atoms with Crippen molar-refractivity contribution in [3.05, 3.63) is 66.2 Å². The van der Waals surface area contributed by atoms with E-state index in [1.54, 1.807) is 23.2 Å². The minimum Gasteiger partial charge on any atom is -0.346 e. The average molecular weight is 481 g/mol. The first-order valence-corrected chi connectivity index (χ1v) is 11.7. The van der Waals surface area contributed by atoms with Crippen LogP contribution in [0.3, 0.4) is 0 Å². The number of fused-ring (bicyclic) bond motifs is 1. The van der Waals surface area contributed by atoms with E-state index in [1.165, 1.54) is 0 Å². The van der Waals surface area contributed by atoms with Gasteiger partial charge in [0.05, 0.1) is 30.3 Å². The van der Waals surface area contributed by atoms with Crippen molar-refractivity contribution in [3.63, 3.8) is 0 Å². The van der Waals surface area contributed by atoms with Gasteiger partial charge in [0.15, 0.2) is 0 Å². The Labute approximate surface area is 201 Å². The van der Waals surface area contributed by atoms with Gasteiger partial charge in [0.25, 0.3) is 0 Å². The molecule has 0 unspecified atom stereocenters. The molecule has 0 saturated carbocycles. The van der Waals surface area contributed by atoms with Crippen LogP contribution in [-0.4, -0.2) is 50.5 Å². The standard InChI is InChI=1S/C25H24F3N7/c26-16-1-2-20(28)19(9-16)22-10-17(27)13-34(22)23-4-3-21-25(33-23)24(31-14-30-21)15-11-32-35(12-15)18-5-7-29-8-6-18/h1-4,9,11-12,14,17-18,22,29H,5-8,10,13H2/t17-,22+/m0/s1/i14D. The molecule has 7 nitrogen and oxygen atoms in total. The normalized spacial score (nSPS) is 21.6. The van der Waals surface area contributed by atoms with E-state index in [9.17, 15) is 13.2 Å². The number of anilines is 1. The lowest BCUT2D eigenvalue weighted by atomic mass is 10.0. The van der Waals surface area contributed by atoms with E-state index >= 15 is 0 Å². The highest BCUT2D eigenvalue weighted by molar-refractivity contribution is 5.89. The Kier molecular flexibility index (Phi) is 5.30. The van der Waals surface area contributed by atoms with E-state index in [2.05, 4.69) is 20.4 Å². The van der Waals surface area contributed by atoms with Gasteiger partial charge in [0.2, 0.25) is 0 Å². The SMILES string of the molecule is [2H]c1nc(-c2cnn(C3CCNCC3)c2)c2nc(N3C[C@@H](F)C[C@@H]3c3cc(F)ccc3F)ccc2n1. The molecule has 3 aromatic heterocycles. The lowest BCUT2D eigenvalue weighted by molar-refractivity contribution is 0.343. The summed E-state index contributed by atoms with van der Waals surface area (Å²) in [7, 11) is 0. The Morgan fingerprint density at radius 1 is 1.09 bits per heavy atom. The quantitative estimate of drug-likeness (QED) is 0.468. The van der Waals surface area contributed by atoms with Gasteiger partial charge in [-0.05, 0) is 56.3 Å². The summed E-state index contributed by atoms with van der Waals surface area (Å²) in [6.07, 6.45) is 4.21. The molecular weight excluding hydrogens is 455 g/mol. The number of hydrogen-bond acceptors (Lipinski definition) is 6. The molecule has 0 radical (unpaired) electrons. The summed E-state index contributed by atoms with van der Waals surface area (Å²) in [6, 6.07) is 6.16. The smallest absolute Gasteiger partial charge is 0.130 e. The molecule has 0 amide bonds. The molecule has 2 atom stereocenters. The minimum atomic E-state index is -1.22. The zero-order valence-electron chi connectivity index (χ0n) is 19.8. The van der Waals surface area contributed by atoms with E-state index in [0.717, 1.165) is 44.1 Å². The highest BCUT2D eigenvalue weighted by Gasteiger charge is 2.36. The van der Waals surface area contributed by atoms with E-state index in [-0.39, 0.29) is 30.9 Å². The van der Waals surface area contributed by atoms with Crippen molar-refractivity contribution in [2.45, 2.75) is 37.5 Å². The van der Waals surface area contributed by atoms with Gasteiger partial charge in [-0.15, -0.1) is 0 Å². The lowest BCUT2D eigenvalue weighted by Crippen LogP contribution is -2.29. The summed E-state index contributed by atoms with van der Waals surface area (Å²) in [5.41, 5.74) is 2.16. The molecule has 5 heterocycles. The second-order valence-corrected chi connectivity index (χ2v) is 9.07. The molecule has 0 bridgehead atoms. The van der Waals surface area contributed by atoms with E-state index in [0.29, 0.717) is 28.1 Å². The van der Waals surface area contributed by atoms with Crippen LogP contribution in [0.2, 0.25) is 0 Å². The van der Waals surface area contributed by atoms with Crippen molar-refractivity contribution in [3.8, 4) is 11.3 Å². The summed E-state index contributed by atoms with van der Waals surface area (Å²) in [6.45, 7) is 1.85. The van der Waals surface area contributed by atoms with Gasteiger partial charge in [0, 0.05) is 23.7 Å². The first kappa shape index (κ1) is 20.8. The minimum absolute atomic E-state index is 0.000503. The average Bonchev–Trinajstić information content (AvgIpc) is 3.52. The number of nitrogens with one attached hydrogen (secondary N) is 1. The van der Waals surface area contributed by atoms with E-state index in [4.69, 9.17) is 6.35 Å². The molecule has 1 N–H and O–H groups in total. The fraction of sp³-hybridized carbons (Fsp3) is 0.360. The first-order valence-electron chi connectivity index (χ1n) is 12.2. The maximum Gasteiger partial charge on any atom is 0.130 e. The van der Waals surface area contributed by atoms with Crippen molar-refractivity contribution in [2.75, 3.05) is 24.5 Å². The topological polar surface area (TPSA) is 71.8 Å². The van der Waals surface area contributed by atoms with Gasteiger partial charge in [-0.3, -0.25) is 4.68 Å². The highest BCUT2D eigenvalue weighted by atomic mass is 19.1. The number of halogens is 3. The van der Waals surface area contributed by atoms with Crippen LogP contribution in [0, 0.1) is 11.6 Å². The Balaban J connectivity index is 1.41. The molecule has 2 aliphatic rings. The third kappa shape index (κ3) is 4.12. The van der Waals surface area contributed by atoms with Crippen LogP contribution in [0.4, 0.5) is 19.0 Å². The summed E-state index contributed by atoms with van der Waals surface area (Å²) >= 11 is 0. The second kappa shape index (κ2) is 8.92. The Morgan fingerprint density at radius 2 is 1.94 bits per heavy atom. The number of piperidine rings is 1. The molecule has 0 spiro atoms. The third-order valence-electron chi connectivity index (χ3n) is 6.83. The molecule has 2 aliphatic heterocycles. The van der Waals surface area contributed by atoms with Crippen LogP contribution in [-0.2, 0) is 0 Å². The van der Waals surface area contributed by atoms with Gasteiger partial charge in [-0.2, -0.15) is 5.10 Å². The van der Waals surface area contributed by atoms with Crippen LogP contribution in [0.1, 0.15) is 38.3 Å². The van der Waals surface area contributed by atoms with Crippen molar-refractivity contribution >= 4 is 16.9 Å². The fourth-order valence-electron chi connectivity index (χ4n) is 5.08. The van der Waals surface area contributed by atoms with Crippen molar-refractivity contribution in [1.29, 1.82) is 0 Å². The Morgan fingerprint density at radius 3 is 2.80 bits per heavy atom. The zero-order chi connectivity index (χ0) is 24.8. The molecule has 2 saturated heterocycles. The van der Waals surface area contributed by atoms with Gasteiger partial charge < -0.3 is 10.2 Å². The molecular formula is C25H24F3N7. The van der Waals surface area contributed by atoms with E-state index in [1.807, 2.05) is 10.9 Å². The van der Waals surface area contributed by atoms with Crippen LogP contribution < -0.4 is 10.2 Å².